The Balaban J connectivity index is 2.37. The zero-order valence-electron chi connectivity index (χ0n) is 9.07. The first-order valence-electron chi connectivity index (χ1n) is 4.86. The van der Waals surface area contributed by atoms with Gasteiger partial charge in [0, 0.05) is 19.4 Å². The number of hydrogen-bond acceptors (Lipinski definition) is 4. The van der Waals surface area contributed by atoms with Crippen molar-refractivity contribution in [1.82, 2.24) is 19.6 Å². The van der Waals surface area contributed by atoms with Gasteiger partial charge in [-0.2, -0.15) is 0 Å². The second-order valence-electron chi connectivity index (χ2n) is 3.54. The fourth-order valence-electron chi connectivity index (χ4n) is 1.47. The third kappa shape index (κ3) is 2.22. The number of hydrogen-bond donors (Lipinski definition) is 1. The molecule has 0 saturated heterocycles. The second kappa shape index (κ2) is 4.20. The molecule has 17 heavy (non-hydrogen) atoms. The Hall–Kier alpha value is -2.44. The summed E-state index contributed by atoms with van der Waals surface area (Å²) in [5, 5.41) is 16.4. The lowest BCUT2D eigenvalue weighted by Gasteiger charge is -2.03. The topological polar surface area (TPSA) is 90.0 Å². The first-order valence-corrected chi connectivity index (χ1v) is 4.86. The van der Waals surface area contributed by atoms with Gasteiger partial charge in [-0.05, 0) is 12.1 Å². The van der Waals surface area contributed by atoms with E-state index < -0.39 is 11.5 Å². The van der Waals surface area contributed by atoms with Crippen LogP contribution in [0.3, 0.4) is 0 Å². The standard InChI is InChI=1S/C10H10N4O3/c1-13-5-7(11-12-13)6-14-4-2-3-8(9(14)15)10(16)17/h2-5H,6H2,1H3,(H,16,17). The minimum absolute atomic E-state index is 0.202. The van der Waals surface area contributed by atoms with Crippen LogP contribution in [-0.4, -0.2) is 30.6 Å². The van der Waals surface area contributed by atoms with Crippen LogP contribution in [0.25, 0.3) is 0 Å². The molecule has 0 aliphatic rings. The number of aryl methyl sites for hydroxylation is 1. The molecule has 2 aromatic heterocycles. The molecule has 7 nitrogen and oxygen atoms in total. The Morgan fingerprint density at radius 3 is 2.88 bits per heavy atom. The van der Waals surface area contributed by atoms with E-state index in [9.17, 15) is 9.59 Å². The summed E-state index contributed by atoms with van der Waals surface area (Å²) in [7, 11) is 1.72. The zero-order chi connectivity index (χ0) is 12.4. The molecular weight excluding hydrogens is 224 g/mol. The molecule has 0 spiro atoms. The van der Waals surface area contributed by atoms with Crippen LogP contribution in [0.2, 0.25) is 0 Å². The van der Waals surface area contributed by atoms with Crippen molar-refractivity contribution in [1.29, 1.82) is 0 Å². The molecular formula is C10H10N4O3. The summed E-state index contributed by atoms with van der Waals surface area (Å²) in [5.41, 5.74) is -0.209. The molecule has 0 radical (unpaired) electrons. The van der Waals surface area contributed by atoms with E-state index in [0.717, 1.165) is 0 Å². The van der Waals surface area contributed by atoms with Crippen LogP contribution in [0.15, 0.2) is 29.3 Å². The van der Waals surface area contributed by atoms with Gasteiger partial charge in [0.05, 0.1) is 6.54 Å². The van der Waals surface area contributed by atoms with Gasteiger partial charge in [0.1, 0.15) is 11.3 Å². The summed E-state index contributed by atoms with van der Waals surface area (Å²) in [4.78, 5) is 22.5. The van der Waals surface area contributed by atoms with Gasteiger partial charge in [-0.25, -0.2) is 4.79 Å². The number of aromatic nitrogens is 4. The smallest absolute Gasteiger partial charge is 0.341 e. The molecule has 7 heteroatoms. The average Bonchev–Trinajstić information content (AvgIpc) is 2.67. The summed E-state index contributed by atoms with van der Waals surface area (Å²) in [6, 6.07) is 2.79. The van der Waals surface area contributed by atoms with Crippen molar-refractivity contribution >= 4 is 5.97 Å². The van der Waals surface area contributed by atoms with Crippen molar-refractivity contribution in [2.75, 3.05) is 0 Å². The van der Waals surface area contributed by atoms with Crippen LogP contribution < -0.4 is 5.56 Å². The maximum Gasteiger partial charge on any atom is 0.341 e. The summed E-state index contributed by atoms with van der Waals surface area (Å²) in [6.07, 6.45) is 3.18. The van der Waals surface area contributed by atoms with Gasteiger partial charge >= 0.3 is 5.97 Å². The van der Waals surface area contributed by atoms with Crippen molar-refractivity contribution in [3.05, 3.63) is 46.1 Å². The maximum absolute atomic E-state index is 11.7. The molecule has 2 heterocycles. The summed E-state index contributed by atoms with van der Waals surface area (Å²) < 4.78 is 2.80. The van der Waals surface area contributed by atoms with Crippen LogP contribution in [0.4, 0.5) is 0 Å². The van der Waals surface area contributed by atoms with E-state index >= 15 is 0 Å². The monoisotopic (exact) mass is 234 g/mol. The third-order valence-electron chi connectivity index (χ3n) is 2.23. The van der Waals surface area contributed by atoms with E-state index in [1.807, 2.05) is 0 Å². The van der Waals surface area contributed by atoms with Gasteiger partial charge in [-0.3, -0.25) is 9.48 Å². The molecule has 0 aromatic carbocycles. The van der Waals surface area contributed by atoms with Crippen molar-refractivity contribution < 1.29 is 9.90 Å². The lowest BCUT2D eigenvalue weighted by atomic mass is 10.3. The third-order valence-corrected chi connectivity index (χ3v) is 2.23. The van der Waals surface area contributed by atoms with Crippen molar-refractivity contribution in [2.24, 2.45) is 7.05 Å². The van der Waals surface area contributed by atoms with Crippen LogP contribution in [0, 0.1) is 0 Å². The van der Waals surface area contributed by atoms with Crippen LogP contribution in [0.5, 0.6) is 0 Å². The minimum Gasteiger partial charge on any atom is -0.477 e. The Morgan fingerprint density at radius 1 is 1.53 bits per heavy atom. The molecule has 0 atom stereocenters. The average molecular weight is 234 g/mol. The van der Waals surface area contributed by atoms with E-state index in [2.05, 4.69) is 10.3 Å². The Kier molecular flexibility index (Phi) is 2.73. The second-order valence-corrected chi connectivity index (χ2v) is 3.54. The quantitative estimate of drug-likeness (QED) is 0.789. The number of carbonyl (C=O) groups is 1. The van der Waals surface area contributed by atoms with Gasteiger partial charge < -0.3 is 9.67 Å². The highest BCUT2D eigenvalue weighted by Gasteiger charge is 2.10. The fraction of sp³-hybridized carbons (Fsp3) is 0.200. The largest absolute Gasteiger partial charge is 0.477 e. The van der Waals surface area contributed by atoms with E-state index in [0.29, 0.717) is 5.69 Å². The summed E-state index contributed by atoms with van der Waals surface area (Å²) >= 11 is 0. The molecule has 0 unspecified atom stereocenters. The predicted octanol–water partition coefficient (Wildman–Crippen LogP) is -0.277. The first-order chi connectivity index (χ1) is 8.08. The van der Waals surface area contributed by atoms with Gasteiger partial charge in [-0.1, -0.05) is 5.21 Å². The molecule has 1 N–H and O–H groups in total. The summed E-state index contributed by atoms with van der Waals surface area (Å²) in [5.74, 6) is -1.23. The molecule has 2 aromatic rings. The van der Waals surface area contributed by atoms with Crippen molar-refractivity contribution in [3.8, 4) is 0 Å². The Bertz CT molecular complexity index is 614. The minimum atomic E-state index is -1.23. The Morgan fingerprint density at radius 2 is 2.29 bits per heavy atom. The molecule has 0 aliphatic heterocycles. The van der Waals surface area contributed by atoms with Crippen molar-refractivity contribution in [2.45, 2.75) is 6.54 Å². The zero-order valence-corrected chi connectivity index (χ0v) is 9.07. The van der Waals surface area contributed by atoms with E-state index in [-0.39, 0.29) is 12.1 Å². The maximum atomic E-state index is 11.7. The lowest BCUT2D eigenvalue weighted by Crippen LogP contribution is -2.26. The highest BCUT2D eigenvalue weighted by atomic mass is 16.4. The van der Waals surface area contributed by atoms with Crippen molar-refractivity contribution in [3.63, 3.8) is 0 Å². The van der Waals surface area contributed by atoms with Gasteiger partial charge in [0.2, 0.25) is 0 Å². The fourth-order valence-corrected chi connectivity index (χ4v) is 1.47. The molecule has 0 saturated carbocycles. The molecule has 88 valence electrons. The number of carboxylic acids is 1. The normalized spacial score (nSPS) is 10.4. The molecule has 0 amide bonds. The number of aromatic carboxylic acids is 1. The molecule has 2 rings (SSSR count). The lowest BCUT2D eigenvalue weighted by molar-refractivity contribution is 0.0694. The SMILES string of the molecule is Cn1cc(Cn2cccc(C(=O)O)c2=O)nn1. The summed E-state index contributed by atoms with van der Waals surface area (Å²) in [6.45, 7) is 0.202. The van der Waals surface area contributed by atoms with Gasteiger partial charge in [0.25, 0.3) is 5.56 Å². The highest BCUT2D eigenvalue weighted by Crippen LogP contribution is 1.97. The van der Waals surface area contributed by atoms with Gasteiger partial charge in [0.15, 0.2) is 0 Å². The molecule has 0 aliphatic carbocycles. The predicted molar refractivity (Wildman–Crippen MR) is 57.8 cm³/mol. The number of rotatable bonds is 3. The van der Waals surface area contributed by atoms with Crippen LogP contribution in [-0.2, 0) is 13.6 Å². The molecule has 0 bridgehead atoms. The van der Waals surface area contributed by atoms with E-state index in [4.69, 9.17) is 5.11 Å². The van der Waals surface area contributed by atoms with Crippen LogP contribution >= 0.6 is 0 Å². The van der Waals surface area contributed by atoms with Crippen LogP contribution in [0.1, 0.15) is 16.1 Å². The van der Waals surface area contributed by atoms with E-state index in [1.165, 1.54) is 27.6 Å². The van der Waals surface area contributed by atoms with E-state index in [1.54, 1.807) is 13.2 Å². The van der Waals surface area contributed by atoms with Gasteiger partial charge in [-0.15, -0.1) is 5.10 Å². The number of nitrogens with zero attached hydrogens (tertiary/aromatic N) is 4. The molecule has 0 fully saturated rings. The number of carboxylic acid groups (broad SMARTS) is 1. The Labute approximate surface area is 95.9 Å². The first kappa shape index (κ1) is 11.1. The highest BCUT2D eigenvalue weighted by molar-refractivity contribution is 5.86. The number of pyridine rings is 1.